The molecule has 0 aliphatic rings. The standard InChI is InChI=1S/C11H12N4O3/c1-8-3-2-4-9(11(8)15(16)17)12-6-5-10-13-7-18-14-10/h2-4,7,12H,5-6H2,1H3. The molecular weight excluding hydrogens is 236 g/mol. The van der Waals surface area contributed by atoms with Crippen LogP contribution < -0.4 is 5.32 Å². The molecule has 0 aliphatic heterocycles. The van der Waals surface area contributed by atoms with E-state index in [2.05, 4.69) is 20.0 Å². The average molecular weight is 248 g/mol. The number of hydrogen-bond acceptors (Lipinski definition) is 6. The van der Waals surface area contributed by atoms with Crippen molar-refractivity contribution in [2.24, 2.45) is 0 Å². The third-order valence-corrected chi connectivity index (χ3v) is 2.49. The van der Waals surface area contributed by atoms with E-state index in [4.69, 9.17) is 0 Å². The van der Waals surface area contributed by atoms with E-state index in [0.29, 0.717) is 30.0 Å². The van der Waals surface area contributed by atoms with Gasteiger partial charge in [-0.05, 0) is 13.0 Å². The molecule has 2 rings (SSSR count). The van der Waals surface area contributed by atoms with Crippen LogP contribution in [0.4, 0.5) is 11.4 Å². The first-order valence-corrected chi connectivity index (χ1v) is 5.41. The minimum absolute atomic E-state index is 0.102. The van der Waals surface area contributed by atoms with Crippen molar-refractivity contribution in [1.29, 1.82) is 0 Å². The van der Waals surface area contributed by atoms with Crippen LogP contribution in [0.15, 0.2) is 29.1 Å². The second-order valence-corrected chi connectivity index (χ2v) is 3.75. The van der Waals surface area contributed by atoms with Crippen LogP contribution >= 0.6 is 0 Å². The zero-order chi connectivity index (χ0) is 13.0. The summed E-state index contributed by atoms with van der Waals surface area (Å²) in [7, 11) is 0. The Morgan fingerprint density at radius 2 is 2.33 bits per heavy atom. The predicted molar refractivity (Wildman–Crippen MR) is 64.3 cm³/mol. The van der Waals surface area contributed by atoms with E-state index in [0.717, 1.165) is 0 Å². The van der Waals surface area contributed by atoms with Gasteiger partial charge in [0.05, 0.1) is 4.92 Å². The number of nitrogens with zero attached hydrogens (tertiary/aromatic N) is 3. The number of nitrogens with one attached hydrogen (secondary N) is 1. The molecule has 18 heavy (non-hydrogen) atoms. The number of aryl methyl sites for hydroxylation is 1. The van der Waals surface area contributed by atoms with Crippen LogP contribution in [0.3, 0.4) is 0 Å². The first-order valence-electron chi connectivity index (χ1n) is 5.41. The Bertz CT molecular complexity index is 539. The number of hydrogen-bond donors (Lipinski definition) is 1. The fourth-order valence-electron chi connectivity index (χ4n) is 1.66. The van der Waals surface area contributed by atoms with Crippen molar-refractivity contribution in [2.75, 3.05) is 11.9 Å². The van der Waals surface area contributed by atoms with Crippen LogP contribution in [0, 0.1) is 17.0 Å². The highest BCUT2D eigenvalue weighted by atomic mass is 16.6. The summed E-state index contributed by atoms with van der Waals surface area (Å²) in [5, 5.41) is 17.6. The van der Waals surface area contributed by atoms with Crippen LogP contribution in [0.1, 0.15) is 11.4 Å². The number of nitro groups is 1. The number of para-hydroxylation sites is 1. The molecule has 0 spiro atoms. The van der Waals surface area contributed by atoms with Gasteiger partial charge in [0.25, 0.3) is 5.69 Å². The molecule has 0 radical (unpaired) electrons. The number of aromatic nitrogens is 2. The van der Waals surface area contributed by atoms with Crippen molar-refractivity contribution in [3.8, 4) is 0 Å². The Labute approximate surface area is 103 Å². The highest BCUT2D eigenvalue weighted by molar-refractivity contribution is 5.64. The second kappa shape index (κ2) is 5.26. The molecule has 1 aromatic carbocycles. The quantitative estimate of drug-likeness (QED) is 0.641. The SMILES string of the molecule is Cc1cccc(NCCc2ncon2)c1[N+](=O)[O-]. The number of anilines is 1. The normalized spacial score (nSPS) is 10.3. The largest absolute Gasteiger partial charge is 0.379 e. The van der Waals surface area contributed by atoms with Crippen LogP contribution in [-0.4, -0.2) is 21.6 Å². The Balaban J connectivity index is 2.05. The van der Waals surface area contributed by atoms with Crippen LogP contribution in [0.25, 0.3) is 0 Å². The molecule has 1 heterocycles. The maximum Gasteiger partial charge on any atom is 0.295 e. The zero-order valence-electron chi connectivity index (χ0n) is 9.79. The van der Waals surface area contributed by atoms with Crippen molar-refractivity contribution in [3.63, 3.8) is 0 Å². The molecule has 94 valence electrons. The summed E-state index contributed by atoms with van der Waals surface area (Å²) in [5.74, 6) is 0.567. The van der Waals surface area contributed by atoms with Crippen molar-refractivity contribution in [3.05, 3.63) is 46.1 Å². The Morgan fingerprint density at radius 1 is 1.50 bits per heavy atom. The molecule has 0 atom stereocenters. The molecule has 0 aliphatic carbocycles. The molecule has 7 heteroatoms. The van der Waals surface area contributed by atoms with Gasteiger partial charge in [0, 0.05) is 18.5 Å². The molecule has 1 N–H and O–H groups in total. The summed E-state index contributed by atoms with van der Waals surface area (Å²) in [6.45, 7) is 2.21. The summed E-state index contributed by atoms with van der Waals surface area (Å²) in [6, 6.07) is 5.17. The van der Waals surface area contributed by atoms with E-state index in [1.165, 1.54) is 6.39 Å². The summed E-state index contributed by atoms with van der Waals surface area (Å²) < 4.78 is 4.60. The van der Waals surface area contributed by atoms with Gasteiger partial charge in [-0.1, -0.05) is 17.3 Å². The molecule has 0 fully saturated rings. The topological polar surface area (TPSA) is 94.1 Å². The Kier molecular flexibility index (Phi) is 3.52. The van der Waals surface area contributed by atoms with E-state index in [1.807, 2.05) is 0 Å². The van der Waals surface area contributed by atoms with Crippen molar-refractivity contribution in [1.82, 2.24) is 10.1 Å². The maximum atomic E-state index is 11.0. The second-order valence-electron chi connectivity index (χ2n) is 3.75. The van der Waals surface area contributed by atoms with E-state index >= 15 is 0 Å². The van der Waals surface area contributed by atoms with Crippen LogP contribution in [0.5, 0.6) is 0 Å². The smallest absolute Gasteiger partial charge is 0.295 e. The van der Waals surface area contributed by atoms with Gasteiger partial charge in [0.2, 0.25) is 6.39 Å². The summed E-state index contributed by atoms with van der Waals surface area (Å²) in [6.07, 6.45) is 1.80. The third kappa shape index (κ3) is 2.62. The van der Waals surface area contributed by atoms with Crippen molar-refractivity contribution in [2.45, 2.75) is 13.3 Å². The average Bonchev–Trinajstić information content (AvgIpc) is 2.81. The number of nitro benzene ring substituents is 1. The van der Waals surface area contributed by atoms with E-state index < -0.39 is 0 Å². The van der Waals surface area contributed by atoms with Gasteiger partial charge in [-0.25, -0.2) is 0 Å². The lowest BCUT2D eigenvalue weighted by atomic mass is 10.1. The van der Waals surface area contributed by atoms with Gasteiger partial charge < -0.3 is 9.84 Å². The molecule has 2 aromatic rings. The molecule has 0 bridgehead atoms. The molecule has 0 saturated carbocycles. The fourth-order valence-corrected chi connectivity index (χ4v) is 1.66. The van der Waals surface area contributed by atoms with E-state index in [1.54, 1.807) is 25.1 Å². The lowest BCUT2D eigenvalue weighted by Crippen LogP contribution is -2.08. The number of rotatable bonds is 5. The van der Waals surface area contributed by atoms with Crippen molar-refractivity contribution >= 4 is 11.4 Å². The van der Waals surface area contributed by atoms with Gasteiger partial charge >= 0.3 is 0 Å². The molecule has 1 aromatic heterocycles. The first kappa shape index (κ1) is 12.0. The predicted octanol–water partition coefficient (Wildman–Crippen LogP) is 1.94. The summed E-state index contributed by atoms with van der Waals surface area (Å²) in [5.41, 5.74) is 1.23. The van der Waals surface area contributed by atoms with E-state index in [-0.39, 0.29) is 10.6 Å². The Hall–Kier alpha value is -2.44. The van der Waals surface area contributed by atoms with Gasteiger partial charge in [-0.15, -0.1) is 0 Å². The summed E-state index contributed by atoms with van der Waals surface area (Å²) in [4.78, 5) is 14.4. The first-order chi connectivity index (χ1) is 8.68. The van der Waals surface area contributed by atoms with Gasteiger partial charge in [0.15, 0.2) is 5.82 Å². The maximum absolute atomic E-state index is 11.0. The number of benzene rings is 1. The van der Waals surface area contributed by atoms with Gasteiger partial charge in [0.1, 0.15) is 5.69 Å². The van der Waals surface area contributed by atoms with Crippen LogP contribution in [-0.2, 0) is 6.42 Å². The summed E-state index contributed by atoms with van der Waals surface area (Å²) >= 11 is 0. The van der Waals surface area contributed by atoms with Gasteiger partial charge in [-0.3, -0.25) is 10.1 Å². The highest BCUT2D eigenvalue weighted by Gasteiger charge is 2.16. The molecular formula is C11H12N4O3. The van der Waals surface area contributed by atoms with Gasteiger partial charge in [-0.2, -0.15) is 4.98 Å². The Morgan fingerprint density at radius 3 is 3.00 bits per heavy atom. The minimum Gasteiger partial charge on any atom is -0.379 e. The minimum atomic E-state index is -0.383. The zero-order valence-corrected chi connectivity index (χ0v) is 9.79. The third-order valence-electron chi connectivity index (χ3n) is 2.49. The molecule has 7 nitrogen and oxygen atoms in total. The fraction of sp³-hybridized carbons (Fsp3) is 0.273. The molecule has 0 unspecified atom stereocenters. The molecule has 0 saturated heterocycles. The van der Waals surface area contributed by atoms with Crippen LogP contribution in [0.2, 0.25) is 0 Å². The lowest BCUT2D eigenvalue weighted by molar-refractivity contribution is -0.384. The monoisotopic (exact) mass is 248 g/mol. The van der Waals surface area contributed by atoms with Crippen molar-refractivity contribution < 1.29 is 9.45 Å². The lowest BCUT2D eigenvalue weighted by Gasteiger charge is -2.07. The highest BCUT2D eigenvalue weighted by Crippen LogP contribution is 2.27. The molecule has 0 amide bonds. The van der Waals surface area contributed by atoms with E-state index in [9.17, 15) is 10.1 Å².